The maximum Gasteiger partial charge on any atom is 0.194 e. The molecule has 6 nitrogen and oxygen atoms in total. The molecule has 1 aromatic rings. The van der Waals surface area contributed by atoms with Gasteiger partial charge in [0.05, 0.1) is 11.3 Å². The second-order valence-electron chi connectivity index (χ2n) is 6.69. The molecular formula is C18H28ClN3O3S. The Morgan fingerprint density at radius 1 is 1.35 bits per heavy atom. The van der Waals surface area contributed by atoms with Gasteiger partial charge in [0.1, 0.15) is 0 Å². The van der Waals surface area contributed by atoms with Gasteiger partial charge in [-0.1, -0.05) is 29.8 Å². The Balaban J connectivity index is 2.20. The van der Waals surface area contributed by atoms with Crippen LogP contribution >= 0.6 is 11.6 Å². The van der Waals surface area contributed by atoms with Crippen LogP contribution in [-0.4, -0.2) is 63.6 Å². The molecule has 0 spiro atoms. The molecule has 1 aliphatic rings. The summed E-state index contributed by atoms with van der Waals surface area (Å²) in [6.07, 6.45) is 2.25. The molecule has 0 aliphatic carbocycles. The summed E-state index contributed by atoms with van der Waals surface area (Å²) in [6, 6.07) is 7.67. The molecule has 1 fully saturated rings. The number of hydrogen-bond acceptors (Lipinski definition) is 4. The molecule has 0 aromatic heterocycles. The molecule has 146 valence electrons. The zero-order valence-electron chi connectivity index (χ0n) is 15.7. The van der Waals surface area contributed by atoms with Gasteiger partial charge in [-0.05, 0) is 31.4 Å². The molecule has 1 heterocycles. The molecule has 8 heteroatoms. The average Bonchev–Trinajstić information content (AvgIpc) is 2.60. The van der Waals surface area contributed by atoms with E-state index in [-0.39, 0.29) is 6.54 Å². The summed E-state index contributed by atoms with van der Waals surface area (Å²) in [7, 11) is -1.33. The van der Waals surface area contributed by atoms with Crippen molar-refractivity contribution >= 4 is 27.4 Å². The highest BCUT2D eigenvalue weighted by atomic mass is 35.5. The van der Waals surface area contributed by atoms with Crippen LogP contribution in [0.15, 0.2) is 29.3 Å². The molecule has 0 radical (unpaired) electrons. The summed E-state index contributed by atoms with van der Waals surface area (Å²) >= 11 is 6.25. The average molecular weight is 402 g/mol. The third kappa shape index (κ3) is 5.11. The van der Waals surface area contributed by atoms with Crippen LogP contribution in [0.5, 0.6) is 0 Å². The van der Waals surface area contributed by atoms with Crippen LogP contribution in [0.4, 0.5) is 0 Å². The van der Waals surface area contributed by atoms with Gasteiger partial charge in [-0.15, -0.1) is 0 Å². The lowest BCUT2D eigenvalue weighted by Gasteiger charge is -2.34. The van der Waals surface area contributed by atoms with Crippen LogP contribution < -0.4 is 5.32 Å². The number of nitrogens with one attached hydrogen (secondary N) is 1. The first-order valence-corrected chi connectivity index (χ1v) is 11.1. The zero-order valence-corrected chi connectivity index (χ0v) is 17.2. The fraction of sp³-hybridized carbons (Fsp3) is 0.611. The highest BCUT2D eigenvalue weighted by Gasteiger charge is 2.42. The molecule has 1 aliphatic heterocycles. The maximum atomic E-state index is 12.4. The second-order valence-corrected chi connectivity index (χ2v) is 9.50. The number of guanidine groups is 1. The number of ether oxygens (including phenoxy) is 1. The fourth-order valence-electron chi connectivity index (χ4n) is 3.04. The van der Waals surface area contributed by atoms with Crippen molar-refractivity contribution in [2.75, 3.05) is 39.6 Å². The van der Waals surface area contributed by atoms with Gasteiger partial charge in [0.2, 0.25) is 0 Å². The van der Waals surface area contributed by atoms with Gasteiger partial charge in [-0.2, -0.15) is 0 Å². The largest absolute Gasteiger partial charge is 0.381 e. The van der Waals surface area contributed by atoms with Crippen LogP contribution in [0.25, 0.3) is 0 Å². The minimum Gasteiger partial charge on any atom is -0.381 e. The number of halogens is 1. The predicted molar refractivity (Wildman–Crippen MR) is 107 cm³/mol. The van der Waals surface area contributed by atoms with Crippen molar-refractivity contribution in [3.63, 3.8) is 0 Å². The number of benzene rings is 1. The molecule has 0 saturated carbocycles. The van der Waals surface area contributed by atoms with Crippen molar-refractivity contribution in [2.24, 2.45) is 4.99 Å². The van der Waals surface area contributed by atoms with Crippen molar-refractivity contribution < 1.29 is 13.2 Å². The van der Waals surface area contributed by atoms with Crippen molar-refractivity contribution in [3.8, 4) is 0 Å². The third-order valence-electron chi connectivity index (χ3n) is 4.77. The summed E-state index contributed by atoms with van der Waals surface area (Å²) < 4.78 is 29.3. The maximum absolute atomic E-state index is 12.4. The first-order valence-electron chi connectivity index (χ1n) is 8.79. The lowest BCUT2D eigenvalue weighted by molar-refractivity contribution is 0.0767. The Bertz CT molecular complexity index is 731. The molecule has 0 bridgehead atoms. The third-order valence-corrected chi connectivity index (χ3v) is 7.25. The normalized spacial score (nSPS) is 17.8. The second kappa shape index (κ2) is 9.06. The number of aliphatic imine (C=N–C) groups is 1. The molecule has 1 saturated heterocycles. The van der Waals surface area contributed by atoms with Gasteiger partial charge >= 0.3 is 0 Å². The molecule has 0 unspecified atom stereocenters. The van der Waals surface area contributed by atoms with E-state index >= 15 is 0 Å². The predicted octanol–water partition coefficient (Wildman–Crippen LogP) is 2.33. The van der Waals surface area contributed by atoms with Gasteiger partial charge in [-0.25, -0.2) is 8.42 Å². The summed E-state index contributed by atoms with van der Waals surface area (Å²) in [5.41, 5.74) is 0.992. The number of nitrogens with zero attached hydrogens (tertiary/aromatic N) is 2. The Kier molecular flexibility index (Phi) is 7.32. The summed E-state index contributed by atoms with van der Waals surface area (Å²) in [6.45, 7) is 4.40. The van der Waals surface area contributed by atoms with Gasteiger partial charge in [0.15, 0.2) is 15.8 Å². The van der Waals surface area contributed by atoms with E-state index < -0.39 is 14.6 Å². The van der Waals surface area contributed by atoms with Crippen molar-refractivity contribution in [3.05, 3.63) is 34.9 Å². The molecule has 0 amide bonds. The molecule has 2 rings (SSSR count). The van der Waals surface area contributed by atoms with Crippen LogP contribution in [0.2, 0.25) is 5.02 Å². The topological polar surface area (TPSA) is 71.0 Å². The number of hydrogen-bond donors (Lipinski definition) is 1. The van der Waals surface area contributed by atoms with E-state index in [1.165, 1.54) is 6.26 Å². The van der Waals surface area contributed by atoms with Crippen molar-refractivity contribution in [1.29, 1.82) is 0 Å². The standard InChI is InChI=1S/C18H28ClN3O3S/c1-4-20-17(22(2)13-15-7-5-6-8-16(15)19)21-14-18(26(3,23)24)9-11-25-12-10-18/h5-8H,4,9-14H2,1-3H3,(H,20,21). The molecule has 26 heavy (non-hydrogen) atoms. The molecule has 0 atom stereocenters. The molecule has 1 N–H and O–H groups in total. The van der Waals surface area contributed by atoms with Crippen LogP contribution in [0.3, 0.4) is 0 Å². The highest BCUT2D eigenvalue weighted by molar-refractivity contribution is 7.92. The Labute approximate surface area is 161 Å². The van der Waals surface area contributed by atoms with Gasteiger partial charge in [0.25, 0.3) is 0 Å². The van der Waals surface area contributed by atoms with E-state index in [1.54, 1.807) is 0 Å². The van der Waals surface area contributed by atoms with E-state index in [0.717, 1.165) is 5.56 Å². The van der Waals surface area contributed by atoms with E-state index in [0.29, 0.717) is 50.1 Å². The number of rotatable bonds is 6. The van der Waals surface area contributed by atoms with Crippen LogP contribution in [0.1, 0.15) is 25.3 Å². The summed E-state index contributed by atoms with van der Waals surface area (Å²) in [4.78, 5) is 6.61. The minimum atomic E-state index is -3.24. The van der Waals surface area contributed by atoms with Gasteiger partial charge in [0, 0.05) is 44.6 Å². The Morgan fingerprint density at radius 3 is 2.58 bits per heavy atom. The van der Waals surface area contributed by atoms with E-state index in [4.69, 9.17) is 16.3 Å². The van der Waals surface area contributed by atoms with Crippen LogP contribution in [0, 0.1) is 0 Å². The lowest BCUT2D eigenvalue weighted by atomic mass is 9.99. The summed E-state index contributed by atoms with van der Waals surface area (Å²) in [5, 5.41) is 3.94. The van der Waals surface area contributed by atoms with Crippen molar-refractivity contribution in [1.82, 2.24) is 10.2 Å². The highest BCUT2D eigenvalue weighted by Crippen LogP contribution is 2.29. The Morgan fingerprint density at radius 2 is 2.00 bits per heavy atom. The minimum absolute atomic E-state index is 0.227. The van der Waals surface area contributed by atoms with Crippen LogP contribution in [-0.2, 0) is 21.1 Å². The van der Waals surface area contributed by atoms with E-state index in [2.05, 4.69) is 10.3 Å². The summed E-state index contributed by atoms with van der Waals surface area (Å²) in [5.74, 6) is 0.668. The zero-order chi connectivity index (χ0) is 19.2. The van der Waals surface area contributed by atoms with Gasteiger partial charge < -0.3 is 15.0 Å². The van der Waals surface area contributed by atoms with E-state index in [1.807, 2.05) is 43.1 Å². The lowest BCUT2D eigenvalue weighted by Crippen LogP contribution is -2.47. The SMILES string of the molecule is CCNC(=NCC1(S(C)(=O)=O)CCOCC1)N(C)Cc1ccccc1Cl. The van der Waals surface area contributed by atoms with Gasteiger partial charge in [-0.3, -0.25) is 4.99 Å². The smallest absolute Gasteiger partial charge is 0.194 e. The fourth-order valence-corrected chi connectivity index (χ4v) is 4.44. The number of sulfone groups is 1. The Hall–Kier alpha value is -1.31. The monoisotopic (exact) mass is 401 g/mol. The first kappa shape index (κ1) is 21.0. The van der Waals surface area contributed by atoms with E-state index in [9.17, 15) is 8.42 Å². The molecule has 1 aromatic carbocycles. The quantitative estimate of drug-likeness (QED) is 0.585. The first-order chi connectivity index (χ1) is 12.3. The van der Waals surface area contributed by atoms with Crippen molar-refractivity contribution in [2.45, 2.75) is 31.1 Å². The molecular weight excluding hydrogens is 374 g/mol.